The first-order valence-electron chi connectivity index (χ1n) is 10.1. The number of rotatable bonds is 6. The van der Waals surface area contributed by atoms with Crippen LogP contribution in [0.4, 0.5) is 0 Å². The number of fused-ring (bicyclic) bond motifs is 1. The normalized spacial score (nSPS) is 21.7. The molecule has 7 nitrogen and oxygen atoms in total. The smallest absolute Gasteiger partial charge is 0.254 e. The fourth-order valence-corrected chi connectivity index (χ4v) is 3.88. The van der Waals surface area contributed by atoms with Crippen molar-refractivity contribution in [2.24, 2.45) is 0 Å². The third-order valence-corrected chi connectivity index (χ3v) is 5.47. The second kappa shape index (κ2) is 8.80. The maximum Gasteiger partial charge on any atom is 0.254 e. The number of hydrogen-bond donors (Lipinski definition) is 0. The van der Waals surface area contributed by atoms with Crippen LogP contribution in [0.1, 0.15) is 22.8 Å². The number of benzene rings is 1. The third kappa shape index (κ3) is 4.36. The van der Waals surface area contributed by atoms with Gasteiger partial charge in [0, 0.05) is 43.2 Å². The van der Waals surface area contributed by atoms with E-state index in [1.54, 1.807) is 30.6 Å². The first-order chi connectivity index (χ1) is 14.2. The van der Waals surface area contributed by atoms with Crippen molar-refractivity contribution in [3.63, 3.8) is 0 Å². The van der Waals surface area contributed by atoms with Gasteiger partial charge < -0.3 is 19.1 Å². The molecule has 0 aliphatic carbocycles. The van der Waals surface area contributed by atoms with Gasteiger partial charge in [0.15, 0.2) is 11.5 Å². The lowest BCUT2D eigenvalue weighted by Crippen LogP contribution is -2.48. The molecule has 1 aromatic carbocycles. The number of morpholine rings is 1. The molecule has 7 heteroatoms. The number of hydrogen-bond acceptors (Lipinski definition) is 6. The number of amides is 1. The Morgan fingerprint density at radius 3 is 2.90 bits per heavy atom. The third-order valence-electron chi connectivity index (χ3n) is 5.47. The maximum absolute atomic E-state index is 13.1. The molecule has 0 saturated carbocycles. The van der Waals surface area contributed by atoms with E-state index in [2.05, 4.69) is 16.9 Å². The van der Waals surface area contributed by atoms with Gasteiger partial charge in [0.1, 0.15) is 6.61 Å². The van der Waals surface area contributed by atoms with Gasteiger partial charge in [0.05, 0.1) is 25.4 Å². The molecule has 3 heterocycles. The van der Waals surface area contributed by atoms with Crippen LogP contribution in [0.25, 0.3) is 0 Å². The van der Waals surface area contributed by atoms with Gasteiger partial charge in [-0.15, -0.1) is 0 Å². The lowest BCUT2D eigenvalue weighted by molar-refractivity contribution is -0.0368. The molecule has 2 fully saturated rings. The molecule has 2 atom stereocenters. The Morgan fingerprint density at radius 2 is 2.14 bits per heavy atom. The number of likely N-dealkylation sites (tertiary alicyclic amines) is 1. The van der Waals surface area contributed by atoms with Crippen molar-refractivity contribution in [2.45, 2.75) is 25.7 Å². The van der Waals surface area contributed by atoms with Crippen LogP contribution in [-0.2, 0) is 11.3 Å². The lowest BCUT2D eigenvalue weighted by atomic mass is 10.1. The summed E-state index contributed by atoms with van der Waals surface area (Å²) in [6.45, 7) is 5.73. The highest BCUT2D eigenvalue weighted by Gasteiger charge is 2.40. The van der Waals surface area contributed by atoms with E-state index in [0.717, 1.165) is 18.7 Å². The summed E-state index contributed by atoms with van der Waals surface area (Å²) in [5.74, 6) is 1.19. The van der Waals surface area contributed by atoms with Crippen LogP contribution < -0.4 is 9.47 Å². The van der Waals surface area contributed by atoms with Gasteiger partial charge in [-0.05, 0) is 38.2 Å². The van der Waals surface area contributed by atoms with Gasteiger partial charge in [-0.1, -0.05) is 6.07 Å². The lowest BCUT2D eigenvalue weighted by Gasteiger charge is -2.33. The number of aromatic nitrogens is 1. The number of carbonyl (C=O) groups is 1. The van der Waals surface area contributed by atoms with Crippen molar-refractivity contribution in [1.29, 1.82) is 0 Å². The van der Waals surface area contributed by atoms with Crippen LogP contribution in [0.2, 0.25) is 0 Å². The fourth-order valence-electron chi connectivity index (χ4n) is 3.88. The van der Waals surface area contributed by atoms with E-state index in [4.69, 9.17) is 14.2 Å². The van der Waals surface area contributed by atoms with E-state index < -0.39 is 0 Å². The van der Waals surface area contributed by atoms with Crippen molar-refractivity contribution >= 4 is 5.91 Å². The molecule has 1 aromatic heterocycles. The van der Waals surface area contributed by atoms with Crippen LogP contribution in [0.5, 0.6) is 11.5 Å². The molecule has 2 aliphatic rings. The van der Waals surface area contributed by atoms with Crippen LogP contribution in [0.15, 0.2) is 42.7 Å². The van der Waals surface area contributed by atoms with Gasteiger partial charge >= 0.3 is 0 Å². The Bertz CT molecular complexity index is 845. The molecule has 4 rings (SSSR count). The molecule has 2 aromatic rings. The SMILES string of the molecule is CCOc1cc(C(=O)N2C[C@H]3OCCN(C)[C@H]3C2)ccc1OCc1cccnc1. The quantitative estimate of drug-likeness (QED) is 0.745. The Labute approximate surface area is 171 Å². The zero-order valence-electron chi connectivity index (χ0n) is 16.9. The molecule has 0 unspecified atom stereocenters. The summed E-state index contributed by atoms with van der Waals surface area (Å²) in [6.07, 6.45) is 3.59. The standard InChI is InChI=1S/C22H27N3O4/c1-3-27-20-11-17(6-7-19(20)29-15-16-5-4-8-23-12-16)22(26)25-13-18-21(14-25)28-10-9-24(18)2/h4-8,11-12,18,21H,3,9-10,13-15H2,1-2H3/t18-,21+/m0/s1. The number of carbonyl (C=O) groups excluding carboxylic acids is 1. The van der Waals surface area contributed by atoms with Crippen LogP contribution in [0, 0.1) is 0 Å². The molecule has 0 bridgehead atoms. The zero-order chi connectivity index (χ0) is 20.2. The minimum absolute atomic E-state index is 0.00355. The van der Waals surface area contributed by atoms with E-state index in [0.29, 0.717) is 43.4 Å². The van der Waals surface area contributed by atoms with Crippen molar-refractivity contribution in [3.8, 4) is 11.5 Å². The fraction of sp³-hybridized carbons (Fsp3) is 0.455. The predicted octanol–water partition coefficient (Wildman–Crippen LogP) is 2.21. The molecular weight excluding hydrogens is 370 g/mol. The maximum atomic E-state index is 13.1. The van der Waals surface area contributed by atoms with E-state index >= 15 is 0 Å². The van der Waals surface area contributed by atoms with Crippen LogP contribution in [-0.4, -0.2) is 72.7 Å². The van der Waals surface area contributed by atoms with Crippen molar-refractivity contribution < 1.29 is 19.0 Å². The van der Waals surface area contributed by atoms with E-state index in [1.807, 2.05) is 24.0 Å². The summed E-state index contributed by atoms with van der Waals surface area (Å²) >= 11 is 0. The molecule has 2 saturated heterocycles. The van der Waals surface area contributed by atoms with Gasteiger partial charge in [0.2, 0.25) is 0 Å². The molecule has 29 heavy (non-hydrogen) atoms. The summed E-state index contributed by atoms with van der Waals surface area (Å²) in [6, 6.07) is 9.48. The van der Waals surface area contributed by atoms with Crippen molar-refractivity contribution in [2.75, 3.05) is 39.9 Å². The number of nitrogens with zero attached hydrogens (tertiary/aromatic N) is 3. The summed E-state index contributed by atoms with van der Waals surface area (Å²) in [7, 11) is 2.09. The molecule has 0 spiro atoms. The first kappa shape index (κ1) is 19.7. The summed E-state index contributed by atoms with van der Waals surface area (Å²) < 4.78 is 17.5. The predicted molar refractivity (Wildman–Crippen MR) is 108 cm³/mol. The number of pyridine rings is 1. The highest BCUT2D eigenvalue weighted by molar-refractivity contribution is 5.95. The number of likely N-dealkylation sites (N-methyl/N-ethyl adjacent to an activating group) is 1. The second-order valence-corrected chi connectivity index (χ2v) is 7.41. The number of ether oxygens (including phenoxy) is 3. The topological polar surface area (TPSA) is 64.1 Å². The minimum atomic E-state index is -0.00355. The Kier molecular flexibility index (Phi) is 5.97. The highest BCUT2D eigenvalue weighted by atomic mass is 16.5. The molecule has 0 N–H and O–H groups in total. The first-order valence-corrected chi connectivity index (χ1v) is 10.1. The van der Waals surface area contributed by atoms with E-state index in [1.165, 1.54) is 0 Å². The zero-order valence-corrected chi connectivity index (χ0v) is 16.9. The highest BCUT2D eigenvalue weighted by Crippen LogP contribution is 2.31. The van der Waals surface area contributed by atoms with Gasteiger partial charge in [-0.25, -0.2) is 0 Å². The van der Waals surface area contributed by atoms with E-state index in [9.17, 15) is 4.79 Å². The molecular formula is C22H27N3O4. The molecule has 2 aliphatic heterocycles. The Hall–Kier alpha value is -2.64. The Balaban J connectivity index is 1.47. The summed E-state index contributed by atoms with van der Waals surface area (Å²) in [5.41, 5.74) is 1.57. The monoisotopic (exact) mass is 397 g/mol. The van der Waals surface area contributed by atoms with E-state index in [-0.39, 0.29) is 18.1 Å². The largest absolute Gasteiger partial charge is 0.490 e. The van der Waals surface area contributed by atoms with Crippen molar-refractivity contribution in [3.05, 3.63) is 53.9 Å². The van der Waals surface area contributed by atoms with Gasteiger partial charge in [0.25, 0.3) is 5.91 Å². The summed E-state index contributed by atoms with van der Waals surface area (Å²) in [5, 5.41) is 0. The minimum Gasteiger partial charge on any atom is -0.490 e. The van der Waals surface area contributed by atoms with Crippen molar-refractivity contribution in [1.82, 2.24) is 14.8 Å². The van der Waals surface area contributed by atoms with Crippen LogP contribution in [0.3, 0.4) is 0 Å². The average molecular weight is 397 g/mol. The molecule has 154 valence electrons. The van der Waals surface area contributed by atoms with Gasteiger partial charge in [-0.2, -0.15) is 0 Å². The van der Waals surface area contributed by atoms with Gasteiger partial charge in [-0.3, -0.25) is 14.7 Å². The van der Waals surface area contributed by atoms with Crippen LogP contribution >= 0.6 is 0 Å². The second-order valence-electron chi connectivity index (χ2n) is 7.41. The molecule has 1 amide bonds. The Morgan fingerprint density at radius 1 is 1.24 bits per heavy atom. The average Bonchev–Trinajstić information content (AvgIpc) is 3.19. The summed E-state index contributed by atoms with van der Waals surface area (Å²) in [4.78, 5) is 21.3. The molecule has 0 radical (unpaired) electrons.